The van der Waals surface area contributed by atoms with Gasteiger partial charge in [-0.25, -0.2) is 0 Å². The molecule has 0 bridgehead atoms. The molecule has 0 unspecified atom stereocenters. The molecule has 1 aromatic rings. The van der Waals surface area contributed by atoms with Gasteiger partial charge in [-0.2, -0.15) is 0 Å². The number of benzene rings is 1. The zero-order valence-corrected chi connectivity index (χ0v) is 15.1. The maximum absolute atomic E-state index is 11.9. The SMILES string of the molecule is CCCCCNC(=O)CCN(C(C)=O)c1ccc(OC)c(OC)c1. The van der Waals surface area contributed by atoms with Crippen molar-refractivity contribution in [3.8, 4) is 11.5 Å². The van der Waals surface area contributed by atoms with Gasteiger partial charge in [-0.3, -0.25) is 9.59 Å². The molecule has 1 rings (SSSR count). The van der Waals surface area contributed by atoms with E-state index in [0.29, 0.717) is 30.3 Å². The van der Waals surface area contributed by atoms with Gasteiger partial charge in [0.05, 0.1) is 14.2 Å². The Morgan fingerprint density at radius 2 is 1.83 bits per heavy atom. The fourth-order valence-electron chi connectivity index (χ4n) is 2.37. The Hall–Kier alpha value is -2.24. The molecule has 1 N–H and O–H groups in total. The van der Waals surface area contributed by atoms with Gasteiger partial charge in [0.15, 0.2) is 11.5 Å². The van der Waals surface area contributed by atoms with Gasteiger partial charge in [0.2, 0.25) is 11.8 Å². The van der Waals surface area contributed by atoms with Gasteiger partial charge in [-0.1, -0.05) is 19.8 Å². The number of amides is 2. The summed E-state index contributed by atoms with van der Waals surface area (Å²) in [6, 6.07) is 5.26. The number of anilines is 1. The fourth-order valence-corrected chi connectivity index (χ4v) is 2.37. The molecule has 134 valence electrons. The molecule has 0 saturated heterocycles. The highest BCUT2D eigenvalue weighted by atomic mass is 16.5. The summed E-state index contributed by atoms with van der Waals surface area (Å²) in [6.45, 7) is 4.61. The van der Waals surface area contributed by atoms with Gasteiger partial charge in [-0.15, -0.1) is 0 Å². The zero-order chi connectivity index (χ0) is 17.9. The highest BCUT2D eigenvalue weighted by Gasteiger charge is 2.15. The standard InChI is InChI=1S/C18H28N2O4/c1-5-6-7-11-19-18(22)10-12-20(14(2)21)15-8-9-16(23-3)17(13-15)24-4/h8-9,13H,5-7,10-12H2,1-4H3,(H,19,22). The van der Waals surface area contributed by atoms with Crippen molar-refractivity contribution in [3.05, 3.63) is 18.2 Å². The number of methoxy groups -OCH3 is 2. The van der Waals surface area contributed by atoms with Crippen molar-refractivity contribution in [2.24, 2.45) is 0 Å². The molecule has 6 nitrogen and oxygen atoms in total. The number of nitrogens with zero attached hydrogens (tertiary/aromatic N) is 1. The summed E-state index contributed by atoms with van der Waals surface area (Å²) in [5.74, 6) is 0.975. The van der Waals surface area contributed by atoms with Gasteiger partial charge in [-0.05, 0) is 18.6 Å². The predicted octanol–water partition coefficient (Wildman–Crippen LogP) is 2.75. The molecule has 2 amide bonds. The molecule has 0 heterocycles. The number of unbranched alkanes of at least 4 members (excludes halogenated alkanes) is 2. The van der Waals surface area contributed by atoms with Crippen LogP contribution in [0.2, 0.25) is 0 Å². The van der Waals surface area contributed by atoms with E-state index < -0.39 is 0 Å². The largest absolute Gasteiger partial charge is 0.493 e. The molecule has 6 heteroatoms. The van der Waals surface area contributed by atoms with E-state index in [0.717, 1.165) is 19.3 Å². The van der Waals surface area contributed by atoms with Crippen LogP contribution in [0.25, 0.3) is 0 Å². The lowest BCUT2D eigenvalue weighted by Gasteiger charge is -2.22. The van der Waals surface area contributed by atoms with Gasteiger partial charge in [0.25, 0.3) is 0 Å². The van der Waals surface area contributed by atoms with Crippen molar-refractivity contribution in [1.29, 1.82) is 0 Å². The van der Waals surface area contributed by atoms with Crippen molar-refractivity contribution in [3.63, 3.8) is 0 Å². The summed E-state index contributed by atoms with van der Waals surface area (Å²) in [6.07, 6.45) is 3.47. The predicted molar refractivity (Wildman–Crippen MR) is 94.7 cm³/mol. The highest BCUT2D eigenvalue weighted by molar-refractivity contribution is 5.92. The Kier molecular flexibility index (Phi) is 8.68. The topological polar surface area (TPSA) is 67.9 Å². The number of hydrogen-bond acceptors (Lipinski definition) is 4. The van der Waals surface area contributed by atoms with E-state index in [4.69, 9.17) is 9.47 Å². The molecule has 0 aromatic heterocycles. The van der Waals surface area contributed by atoms with Gasteiger partial charge in [0.1, 0.15) is 0 Å². The minimum absolute atomic E-state index is 0.0437. The third kappa shape index (κ3) is 6.10. The van der Waals surface area contributed by atoms with Crippen LogP contribution in [0.15, 0.2) is 18.2 Å². The molecule has 0 aliphatic carbocycles. The number of carbonyl (C=O) groups is 2. The van der Waals surface area contributed by atoms with Crippen molar-refractivity contribution in [1.82, 2.24) is 5.32 Å². The third-order valence-electron chi connectivity index (χ3n) is 3.72. The van der Waals surface area contributed by atoms with Crippen LogP contribution in [0.1, 0.15) is 39.5 Å². The van der Waals surface area contributed by atoms with Gasteiger partial charge < -0.3 is 19.7 Å². The van der Waals surface area contributed by atoms with E-state index in [9.17, 15) is 9.59 Å². The fraction of sp³-hybridized carbons (Fsp3) is 0.556. The summed E-state index contributed by atoms with van der Waals surface area (Å²) in [5.41, 5.74) is 0.680. The first kappa shape index (κ1) is 19.8. The van der Waals surface area contributed by atoms with Crippen molar-refractivity contribution >= 4 is 17.5 Å². The van der Waals surface area contributed by atoms with Crippen LogP contribution in [0.4, 0.5) is 5.69 Å². The summed E-state index contributed by atoms with van der Waals surface area (Å²) in [5, 5.41) is 2.88. The molecule has 0 fully saturated rings. The normalized spacial score (nSPS) is 10.2. The molecule has 24 heavy (non-hydrogen) atoms. The lowest BCUT2D eigenvalue weighted by molar-refractivity contribution is -0.121. The van der Waals surface area contributed by atoms with E-state index in [-0.39, 0.29) is 18.2 Å². The van der Waals surface area contributed by atoms with Crippen molar-refractivity contribution in [2.75, 3.05) is 32.2 Å². The van der Waals surface area contributed by atoms with E-state index in [1.54, 1.807) is 37.3 Å². The van der Waals surface area contributed by atoms with Crippen LogP contribution in [0.3, 0.4) is 0 Å². The quantitative estimate of drug-likeness (QED) is 0.667. The molecule has 0 spiro atoms. The lowest BCUT2D eigenvalue weighted by atomic mass is 10.2. The van der Waals surface area contributed by atoms with Crippen molar-refractivity contribution < 1.29 is 19.1 Å². The summed E-state index contributed by atoms with van der Waals surface area (Å²) < 4.78 is 10.5. The lowest BCUT2D eigenvalue weighted by Crippen LogP contribution is -2.34. The Bertz CT molecular complexity index is 546. The Morgan fingerprint density at radius 3 is 2.42 bits per heavy atom. The average Bonchev–Trinajstić information content (AvgIpc) is 2.58. The van der Waals surface area contributed by atoms with Gasteiger partial charge >= 0.3 is 0 Å². The summed E-state index contributed by atoms with van der Waals surface area (Å²) in [7, 11) is 3.10. The molecule has 0 aliphatic heterocycles. The summed E-state index contributed by atoms with van der Waals surface area (Å²) >= 11 is 0. The monoisotopic (exact) mass is 336 g/mol. The first-order valence-corrected chi connectivity index (χ1v) is 8.30. The van der Waals surface area contributed by atoms with E-state index in [1.165, 1.54) is 6.92 Å². The first-order chi connectivity index (χ1) is 11.5. The Morgan fingerprint density at radius 1 is 1.12 bits per heavy atom. The number of carbonyl (C=O) groups excluding carboxylic acids is 2. The molecule has 0 radical (unpaired) electrons. The van der Waals surface area contributed by atoms with Crippen LogP contribution < -0.4 is 19.7 Å². The average molecular weight is 336 g/mol. The van der Waals surface area contributed by atoms with Gasteiger partial charge in [0, 0.05) is 38.2 Å². The third-order valence-corrected chi connectivity index (χ3v) is 3.72. The minimum Gasteiger partial charge on any atom is -0.493 e. The van der Waals surface area contributed by atoms with E-state index in [2.05, 4.69) is 12.2 Å². The van der Waals surface area contributed by atoms with E-state index in [1.807, 2.05) is 0 Å². The second-order valence-corrected chi connectivity index (χ2v) is 5.52. The van der Waals surface area contributed by atoms with Crippen LogP contribution in [-0.2, 0) is 9.59 Å². The highest BCUT2D eigenvalue weighted by Crippen LogP contribution is 2.31. The molecular weight excluding hydrogens is 308 g/mol. The van der Waals surface area contributed by atoms with Crippen LogP contribution in [0.5, 0.6) is 11.5 Å². The number of hydrogen-bond donors (Lipinski definition) is 1. The molecule has 1 aromatic carbocycles. The molecular formula is C18H28N2O4. The summed E-state index contributed by atoms with van der Waals surface area (Å²) in [4.78, 5) is 25.4. The molecule has 0 saturated carbocycles. The Balaban J connectivity index is 2.67. The first-order valence-electron chi connectivity index (χ1n) is 8.30. The molecule has 0 atom stereocenters. The number of nitrogens with one attached hydrogen (secondary N) is 1. The van der Waals surface area contributed by atoms with E-state index >= 15 is 0 Å². The van der Waals surface area contributed by atoms with Crippen LogP contribution >= 0.6 is 0 Å². The second-order valence-electron chi connectivity index (χ2n) is 5.52. The number of rotatable bonds is 10. The molecule has 0 aliphatic rings. The Labute approximate surface area is 144 Å². The minimum atomic E-state index is -0.124. The second kappa shape index (κ2) is 10.5. The smallest absolute Gasteiger partial charge is 0.223 e. The van der Waals surface area contributed by atoms with Crippen LogP contribution in [-0.4, -0.2) is 39.1 Å². The maximum Gasteiger partial charge on any atom is 0.223 e. The van der Waals surface area contributed by atoms with Crippen molar-refractivity contribution in [2.45, 2.75) is 39.5 Å². The maximum atomic E-state index is 11.9. The zero-order valence-electron chi connectivity index (χ0n) is 15.1. The number of ether oxygens (including phenoxy) is 2. The van der Waals surface area contributed by atoms with Crippen LogP contribution in [0, 0.1) is 0 Å².